The summed E-state index contributed by atoms with van der Waals surface area (Å²) in [5.74, 6) is 1.02. The number of benzene rings is 2. The third-order valence-corrected chi connectivity index (χ3v) is 3.89. The minimum atomic E-state index is 0.979. The molecule has 0 spiro atoms. The summed E-state index contributed by atoms with van der Waals surface area (Å²) in [5, 5.41) is 8.72. The summed E-state index contributed by atoms with van der Waals surface area (Å²) in [4.78, 5) is 0. The molecule has 0 fully saturated rings. The molecule has 0 saturated carbocycles. The van der Waals surface area contributed by atoms with Gasteiger partial charge >= 0.3 is 0 Å². The summed E-state index contributed by atoms with van der Waals surface area (Å²) in [6.45, 7) is 2.24. The second kappa shape index (κ2) is 7.68. The molecule has 0 unspecified atom stereocenters. The van der Waals surface area contributed by atoms with E-state index in [1.54, 1.807) is 0 Å². The molecule has 3 rings (SSSR count). The molecule has 1 N–H and O–H groups in total. The average Bonchev–Trinajstić information content (AvgIpc) is 3.05. The SMILES string of the molecule is CCCCCCC1=NN(c2ccccc2)N(c2ccccc2)N1. The molecular weight excluding hydrogens is 284 g/mol. The van der Waals surface area contributed by atoms with Crippen molar-refractivity contribution in [1.29, 1.82) is 0 Å². The van der Waals surface area contributed by atoms with Gasteiger partial charge in [-0.05, 0) is 30.7 Å². The standard InChI is InChI=1S/C19H24N4/c1-2-3-4-11-16-19-20-22(17-12-7-5-8-13-17)23(21-19)18-14-9-6-10-15-18/h5-10,12-15H,2-4,11,16H2,1H3,(H,20,21). The molecule has 0 bridgehead atoms. The van der Waals surface area contributed by atoms with Gasteiger partial charge in [0.15, 0.2) is 0 Å². The molecule has 23 heavy (non-hydrogen) atoms. The van der Waals surface area contributed by atoms with Gasteiger partial charge in [-0.25, -0.2) is 0 Å². The van der Waals surface area contributed by atoms with Crippen LogP contribution in [0.1, 0.15) is 39.0 Å². The van der Waals surface area contributed by atoms with Crippen molar-refractivity contribution in [3.8, 4) is 0 Å². The maximum absolute atomic E-state index is 4.78. The van der Waals surface area contributed by atoms with Crippen molar-refractivity contribution in [2.45, 2.75) is 39.0 Å². The van der Waals surface area contributed by atoms with Crippen LogP contribution in [0.25, 0.3) is 0 Å². The summed E-state index contributed by atoms with van der Waals surface area (Å²) in [7, 11) is 0. The fraction of sp³-hybridized carbons (Fsp3) is 0.316. The number of amidine groups is 1. The molecule has 0 aliphatic carbocycles. The zero-order valence-corrected chi connectivity index (χ0v) is 13.7. The molecular formula is C19H24N4. The van der Waals surface area contributed by atoms with Gasteiger partial charge in [-0.2, -0.15) is 10.2 Å². The van der Waals surface area contributed by atoms with Crippen molar-refractivity contribution < 1.29 is 0 Å². The van der Waals surface area contributed by atoms with Gasteiger partial charge in [0.05, 0.1) is 11.4 Å². The lowest BCUT2D eigenvalue weighted by Crippen LogP contribution is -2.44. The Morgan fingerprint density at radius 1 is 0.826 bits per heavy atom. The molecule has 4 nitrogen and oxygen atoms in total. The van der Waals surface area contributed by atoms with E-state index in [2.05, 4.69) is 36.6 Å². The average molecular weight is 308 g/mol. The predicted octanol–water partition coefficient (Wildman–Crippen LogP) is 4.72. The molecule has 0 atom stereocenters. The van der Waals surface area contributed by atoms with E-state index in [9.17, 15) is 0 Å². The number of rotatable bonds is 7. The Labute approximate surface area is 138 Å². The Morgan fingerprint density at radius 3 is 2.13 bits per heavy atom. The minimum absolute atomic E-state index is 0.979. The first-order valence-electron chi connectivity index (χ1n) is 8.43. The summed E-state index contributed by atoms with van der Waals surface area (Å²) >= 11 is 0. The first-order valence-corrected chi connectivity index (χ1v) is 8.43. The zero-order valence-electron chi connectivity index (χ0n) is 13.7. The molecule has 1 heterocycles. The second-order valence-electron chi connectivity index (χ2n) is 5.74. The van der Waals surface area contributed by atoms with E-state index in [1.807, 2.05) is 46.6 Å². The molecule has 0 amide bonds. The number of hydrazine groups is 2. The number of hydrazone groups is 1. The molecule has 2 aromatic rings. The summed E-state index contributed by atoms with van der Waals surface area (Å²) in [5.41, 5.74) is 5.56. The van der Waals surface area contributed by atoms with Gasteiger partial charge in [-0.15, -0.1) is 5.10 Å². The van der Waals surface area contributed by atoms with Crippen molar-refractivity contribution in [2.75, 3.05) is 10.2 Å². The summed E-state index contributed by atoms with van der Waals surface area (Å²) < 4.78 is 0. The van der Waals surface area contributed by atoms with Crippen LogP contribution in [-0.2, 0) is 0 Å². The number of nitrogens with one attached hydrogen (secondary N) is 1. The molecule has 120 valence electrons. The van der Waals surface area contributed by atoms with Gasteiger partial charge in [0.1, 0.15) is 5.84 Å². The summed E-state index contributed by atoms with van der Waals surface area (Å²) in [6.07, 6.45) is 5.95. The van der Waals surface area contributed by atoms with Crippen LogP contribution in [-0.4, -0.2) is 5.84 Å². The maximum atomic E-state index is 4.78. The molecule has 0 saturated heterocycles. The maximum Gasteiger partial charge on any atom is 0.145 e. The van der Waals surface area contributed by atoms with Crippen LogP contribution >= 0.6 is 0 Å². The fourth-order valence-electron chi connectivity index (χ4n) is 2.65. The smallest absolute Gasteiger partial charge is 0.145 e. The lowest BCUT2D eigenvalue weighted by atomic mass is 10.1. The van der Waals surface area contributed by atoms with E-state index >= 15 is 0 Å². The zero-order chi connectivity index (χ0) is 15.9. The molecule has 1 aliphatic rings. The third kappa shape index (κ3) is 3.83. The molecule has 4 heteroatoms. The number of unbranched alkanes of at least 4 members (excludes halogenated alkanes) is 3. The Kier molecular flexibility index (Phi) is 5.14. The van der Waals surface area contributed by atoms with Crippen molar-refractivity contribution in [2.24, 2.45) is 5.10 Å². The lowest BCUT2D eigenvalue weighted by molar-refractivity contribution is 0.677. The predicted molar refractivity (Wildman–Crippen MR) is 97.2 cm³/mol. The van der Waals surface area contributed by atoms with Gasteiger partial charge in [0.2, 0.25) is 0 Å². The normalized spacial score (nSPS) is 13.9. The quantitative estimate of drug-likeness (QED) is 0.751. The first kappa shape index (κ1) is 15.4. The van der Waals surface area contributed by atoms with Crippen LogP contribution in [0.4, 0.5) is 11.4 Å². The Morgan fingerprint density at radius 2 is 1.48 bits per heavy atom. The molecule has 0 aromatic heterocycles. The van der Waals surface area contributed by atoms with Crippen LogP contribution in [0.5, 0.6) is 0 Å². The van der Waals surface area contributed by atoms with E-state index in [0.29, 0.717) is 0 Å². The topological polar surface area (TPSA) is 30.9 Å². The van der Waals surface area contributed by atoms with Crippen molar-refractivity contribution in [3.63, 3.8) is 0 Å². The largest absolute Gasteiger partial charge is 0.263 e. The van der Waals surface area contributed by atoms with Crippen LogP contribution < -0.4 is 15.7 Å². The van der Waals surface area contributed by atoms with E-state index < -0.39 is 0 Å². The van der Waals surface area contributed by atoms with Gasteiger partial charge in [0.25, 0.3) is 0 Å². The van der Waals surface area contributed by atoms with Crippen LogP contribution in [0.3, 0.4) is 0 Å². The highest BCUT2D eigenvalue weighted by Gasteiger charge is 2.24. The van der Waals surface area contributed by atoms with E-state index in [0.717, 1.165) is 23.6 Å². The van der Waals surface area contributed by atoms with E-state index in [-0.39, 0.29) is 0 Å². The van der Waals surface area contributed by atoms with Crippen LogP contribution in [0.2, 0.25) is 0 Å². The van der Waals surface area contributed by atoms with E-state index in [1.165, 1.54) is 25.7 Å². The van der Waals surface area contributed by atoms with Gasteiger partial charge in [-0.3, -0.25) is 5.43 Å². The van der Waals surface area contributed by atoms with Gasteiger partial charge in [0, 0.05) is 6.42 Å². The number of hydrogen-bond donors (Lipinski definition) is 1. The molecule has 1 aliphatic heterocycles. The molecule has 0 radical (unpaired) electrons. The Balaban J connectivity index is 1.77. The fourth-order valence-corrected chi connectivity index (χ4v) is 2.65. The number of anilines is 2. The van der Waals surface area contributed by atoms with Crippen molar-refractivity contribution in [1.82, 2.24) is 5.43 Å². The first-order chi connectivity index (χ1) is 11.4. The Bertz CT molecular complexity index is 624. The monoisotopic (exact) mass is 308 g/mol. The minimum Gasteiger partial charge on any atom is -0.263 e. The highest BCUT2D eigenvalue weighted by atomic mass is 15.9. The summed E-state index contributed by atoms with van der Waals surface area (Å²) in [6, 6.07) is 20.5. The number of nitrogens with zero attached hydrogens (tertiary/aromatic N) is 3. The van der Waals surface area contributed by atoms with Crippen molar-refractivity contribution in [3.05, 3.63) is 60.7 Å². The third-order valence-electron chi connectivity index (χ3n) is 3.89. The van der Waals surface area contributed by atoms with Crippen molar-refractivity contribution >= 4 is 17.2 Å². The lowest BCUT2D eigenvalue weighted by Gasteiger charge is -2.27. The number of para-hydroxylation sites is 2. The van der Waals surface area contributed by atoms with Crippen LogP contribution in [0.15, 0.2) is 65.8 Å². The second-order valence-corrected chi connectivity index (χ2v) is 5.74. The highest BCUT2D eigenvalue weighted by Crippen LogP contribution is 2.24. The van der Waals surface area contributed by atoms with E-state index in [4.69, 9.17) is 5.10 Å². The van der Waals surface area contributed by atoms with Crippen LogP contribution in [0, 0.1) is 0 Å². The highest BCUT2D eigenvalue weighted by molar-refractivity contribution is 5.88. The van der Waals surface area contributed by atoms with Gasteiger partial charge < -0.3 is 0 Å². The van der Waals surface area contributed by atoms with Gasteiger partial charge in [-0.1, -0.05) is 62.6 Å². The number of hydrogen-bond acceptors (Lipinski definition) is 4. The molecule has 2 aromatic carbocycles. The Hall–Kier alpha value is -2.49.